The van der Waals surface area contributed by atoms with Crippen LogP contribution in [0.2, 0.25) is 0 Å². The maximum absolute atomic E-state index is 12.7. The minimum Gasteiger partial charge on any atom is -0.340 e. The number of carbonyl (C=O) groups is 1. The number of aryl methyl sites for hydroxylation is 1. The Morgan fingerprint density at radius 3 is 2.90 bits per heavy atom. The summed E-state index contributed by atoms with van der Waals surface area (Å²) in [6.45, 7) is 4.79. The third-order valence-electron chi connectivity index (χ3n) is 5.25. The van der Waals surface area contributed by atoms with Gasteiger partial charge in [-0.1, -0.05) is 6.07 Å². The molecule has 3 heterocycles. The number of halogens is 2. The number of nitrogens with zero attached hydrogens (tertiary/aromatic N) is 4. The van der Waals surface area contributed by atoms with Crippen molar-refractivity contribution in [3.05, 3.63) is 47.5 Å². The van der Waals surface area contributed by atoms with Crippen LogP contribution in [0.25, 0.3) is 11.0 Å². The van der Waals surface area contributed by atoms with E-state index < -0.39 is 0 Å². The van der Waals surface area contributed by atoms with Crippen molar-refractivity contribution in [1.82, 2.24) is 30.0 Å². The zero-order chi connectivity index (χ0) is 18.8. The zero-order valence-corrected chi connectivity index (χ0v) is 18.4. The maximum atomic E-state index is 12.7. The third-order valence-corrected chi connectivity index (χ3v) is 5.25. The molecule has 1 aliphatic rings. The average molecular weight is 439 g/mol. The lowest BCUT2D eigenvalue weighted by atomic mass is 9.96. The topological polar surface area (TPSA) is 78.8 Å². The molecule has 1 amide bonds. The van der Waals surface area contributed by atoms with Crippen LogP contribution in [-0.2, 0) is 17.9 Å². The quantitative estimate of drug-likeness (QED) is 0.641. The van der Waals surface area contributed by atoms with Crippen LogP contribution in [0.1, 0.15) is 35.8 Å². The SMILES string of the molecule is Cc1ccc2nc(CN(C)C(=O)Cn3nccc3C3CCCNC3)[nH]c2c1.Cl.Cl. The molecule has 4 rings (SSSR count). The van der Waals surface area contributed by atoms with Crippen LogP contribution < -0.4 is 5.32 Å². The van der Waals surface area contributed by atoms with Gasteiger partial charge in [0.2, 0.25) is 5.91 Å². The van der Waals surface area contributed by atoms with Gasteiger partial charge in [-0.3, -0.25) is 9.48 Å². The minimum atomic E-state index is 0. The van der Waals surface area contributed by atoms with Crippen molar-refractivity contribution in [2.24, 2.45) is 0 Å². The summed E-state index contributed by atoms with van der Waals surface area (Å²) in [5.74, 6) is 1.25. The Balaban J connectivity index is 0.00000150. The van der Waals surface area contributed by atoms with Crippen molar-refractivity contribution in [2.45, 2.75) is 38.8 Å². The first-order chi connectivity index (χ1) is 13.1. The normalized spacial score (nSPS) is 16.1. The highest BCUT2D eigenvalue weighted by Gasteiger charge is 2.21. The van der Waals surface area contributed by atoms with Gasteiger partial charge in [-0.05, 0) is 50.1 Å². The number of benzene rings is 1. The Morgan fingerprint density at radius 1 is 1.31 bits per heavy atom. The fourth-order valence-corrected chi connectivity index (χ4v) is 3.74. The average Bonchev–Trinajstić information content (AvgIpc) is 3.28. The fraction of sp³-hybridized carbons (Fsp3) is 0.450. The number of hydrogen-bond acceptors (Lipinski definition) is 4. The van der Waals surface area contributed by atoms with Crippen molar-refractivity contribution < 1.29 is 4.79 Å². The predicted molar refractivity (Wildman–Crippen MR) is 119 cm³/mol. The van der Waals surface area contributed by atoms with E-state index in [1.165, 1.54) is 5.56 Å². The molecule has 9 heteroatoms. The van der Waals surface area contributed by atoms with Crippen molar-refractivity contribution in [2.75, 3.05) is 20.1 Å². The van der Waals surface area contributed by atoms with Crippen LogP contribution in [0, 0.1) is 6.92 Å². The molecule has 1 atom stereocenters. The van der Waals surface area contributed by atoms with Gasteiger partial charge in [0.25, 0.3) is 0 Å². The van der Waals surface area contributed by atoms with E-state index in [1.807, 2.05) is 29.9 Å². The second kappa shape index (κ2) is 10.1. The summed E-state index contributed by atoms with van der Waals surface area (Å²) in [6, 6.07) is 8.15. The molecular formula is C20H28Cl2N6O. The van der Waals surface area contributed by atoms with Crippen LogP contribution in [0.5, 0.6) is 0 Å². The molecule has 1 aliphatic heterocycles. The molecule has 29 heavy (non-hydrogen) atoms. The van der Waals surface area contributed by atoms with Crippen LogP contribution in [0.15, 0.2) is 30.5 Å². The van der Waals surface area contributed by atoms with E-state index in [1.54, 1.807) is 11.1 Å². The van der Waals surface area contributed by atoms with E-state index >= 15 is 0 Å². The lowest BCUT2D eigenvalue weighted by Gasteiger charge is -2.24. The second-order valence-electron chi connectivity index (χ2n) is 7.41. The number of likely N-dealkylation sites (N-methyl/N-ethyl adjacent to an activating group) is 1. The number of H-pyrrole nitrogens is 1. The van der Waals surface area contributed by atoms with E-state index in [2.05, 4.69) is 33.4 Å². The minimum absolute atomic E-state index is 0. The Labute approximate surface area is 183 Å². The summed E-state index contributed by atoms with van der Waals surface area (Å²) >= 11 is 0. The Bertz CT molecular complexity index is 948. The number of piperidine rings is 1. The summed E-state index contributed by atoms with van der Waals surface area (Å²) in [4.78, 5) is 22.3. The first-order valence-corrected chi connectivity index (χ1v) is 9.52. The van der Waals surface area contributed by atoms with Gasteiger partial charge in [0.05, 0.1) is 17.6 Å². The number of carbonyl (C=O) groups excluding carboxylic acids is 1. The van der Waals surface area contributed by atoms with Crippen molar-refractivity contribution in [3.8, 4) is 0 Å². The van der Waals surface area contributed by atoms with Gasteiger partial charge in [0.15, 0.2) is 0 Å². The number of imidazole rings is 1. The van der Waals surface area contributed by atoms with Crippen molar-refractivity contribution in [3.63, 3.8) is 0 Å². The molecule has 0 saturated carbocycles. The maximum Gasteiger partial charge on any atom is 0.244 e. The molecule has 2 N–H and O–H groups in total. The van der Waals surface area contributed by atoms with Gasteiger partial charge < -0.3 is 15.2 Å². The molecular weight excluding hydrogens is 411 g/mol. The number of aromatic amines is 1. The molecule has 1 saturated heterocycles. The smallest absolute Gasteiger partial charge is 0.244 e. The molecule has 0 radical (unpaired) electrons. The fourth-order valence-electron chi connectivity index (χ4n) is 3.74. The molecule has 3 aromatic rings. The van der Waals surface area contributed by atoms with Gasteiger partial charge >= 0.3 is 0 Å². The van der Waals surface area contributed by atoms with E-state index in [9.17, 15) is 4.79 Å². The summed E-state index contributed by atoms with van der Waals surface area (Å²) < 4.78 is 1.85. The van der Waals surface area contributed by atoms with E-state index in [-0.39, 0.29) is 37.3 Å². The number of rotatable bonds is 5. The molecule has 0 spiro atoms. The van der Waals surface area contributed by atoms with Gasteiger partial charge in [-0.15, -0.1) is 24.8 Å². The van der Waals surface area contributed by atoms with Crippen LogP contribution >= 0.6 is 24.8 Å². The highest BCUT2D eigenvalue weighted by molar-refractivity contribution is 5.85. The lowest BCUT2D eigenvalue weighted by molar-refractivity contribution is -0.131. The van der Waals surface area contributed by atoms with Crippen LogP contribution in [0.4, 0.5) is 0 Å². The number of hydrogen-bond donors (Lipinski definition) is 2. The van der Waals surface area contributed by atoms with E-state index in [0.717, 1.165) is 48.5 Å². The van der Waals surface area contributed by atoms with Gasteiger partial charge in [0, 0.05) is 31.4 Å². The number of nitrogens with one attached hydrogen (secondary N) is 2. The first-order valence-electron chi connectivity index (χ1n) is 9.52. The molecule has 1 fully saturated rings. The molecule has 0 aliphatic carbocycles. The molecule has 158 valence electrons. The Kier molecular flexibility index (Phi) is 8.07. The summed E-state index contributed by atoms with van der Waals surface area (Å²) in [7, 11) is 1.81. The predicted octanol–water partition coefficient (Wildman–Crippen LogP) is 3.04. The zero-order valence-electron chi connectivity index (χ0n) is 16.7. The largest absolute Gasteiger partial charge is 0.340 e. The Hall–Kier alpha value is -2.09. The molecule has 7 nitrogen and oxygen atoms in total. The molecule has 1 aromatic carbocycles. The van der Waals surface area contributed by atoms with Crippen molar-refractivity contribution in [1.29, 1.82) is 0 Å². The first kappa shape index (κ1) is 23.2. The van der Waals surface area contributed by atoms with Crippen LogP contribution in [0.3, 0.4) is 0 Å². The highest BCUT2D eigenvalue weighted by Crippen LogP contribution is 2.23. The Morgan fingerprint density at radius 2 is 2.14 bits per heavy atom. The van der Waals surface area contributed by atoms with Crippen molar-refractivity contribution >= 4 is 41.8 Å². The monoisotopic (exact) mass is 438 g/mol. The highest BCUT2D eigenvalue weighted by atomic mass is 35.5. The standard InChI is InChI=1S/C20H26N6O.2ClH/c1-14-5-6-16-17(10-14)24-19(23-16)12-25(2)20(27)13-26-18(7-9-22-26)15-4-3-8-21-11-15;;/h5-7,9-10,15,21H,3-4,8,11-13H2,1-2H3,(H,23,24);2*1H. The van der Waals surface area contributed by atoms with Crippen LogP contribution in [-0.4, -0.2) is 50.7 Å². The second-order valence-corrected chi connectivity index (χ2v) is 7.41. The number of amides is 1. The lowest BCUT2D eigenvalue weighted by Crippen LogP contribution is -2.33. The van der Waals surface area contributed by atoms with E-state index in [0.29, 0.717) is 12.5 Å². The summed E-state index contributed by atoms with van der Waals surface area (Å²) in [5, 5.41) is 7.81. The van der Waals surface area contributed by atoms with E-state index in [4.69, 9.17) is 0 Å². The van der Waals surface area contributed by atoms with Gasteiger partial charge in [0.1, 0.15) is 12.4 Å². The molecule has 0 bridgehead atoms. The third kappa shape index (κ3) is 5.29. The summed E-state index contributed by atoms with van der Waals surface area (Å²) in [6.07, 6.45) is 4.09. The number of fused-ring (bicyclic) bond motifs is 1. The molecule has 1 unspecified atom stereocenters. The number of aromatic nitrogens is 4. The molecule has 2 aromatic heterocycles. The van der Waals surface area contributed by atoms with Gasteiger partial charge in [-0.25, -0.2) is 4.98 Å². The van der Waals surface area contributed by atoms with Gasteiger partial charge in [-0.2, -0.15) is 5.10 Å². The summed E-state index contributed by atoms with van der Waals surface area (Å²) in [5.41, 5.74) is 4.26.